The van der Waals surface area contributed by atoms with E-state index in [0.717, 1.165) is 42.1 Å². The fourth-order valence-electron chi connectivity index (χ4n) is 5.43. The Hall–Kier alpha value is -4.73. The van der Waals surface area contributed by atoms with Gasteiger partial charge in [-0.05, 0) is 73.2 Å². The predicted octanol–water partition coefficient (Wildman–Crippen LogP) is 6.89. The van der Waals surface area contributed by atoms with Crippen LogP contribution in [0.4, 0.5) is 18.9 Å². The molecule has 224 valence electrons. The van der Waals surface area contributed by atoms with Crippen molar-refractivity contribution in [1.82, 2.24) is 9.47 Å². The van der Waals surface area contributed by atoms with Gasteiger partial charge in [-0.3, -0.25) is 14.5 Å². The van der Waals surface area contributed by atoms with Crippen LogP contribution in [0.25, 0.3) is 5.69 Å². The first kappa shape index (κ1) is 29.8. The molecule has 1 aliphatic rings. The number of amides is 2. The van der Waals surface area contributed by atoms with Crippen molar-refractivity contribution in [1.29, 1.82) is 0 Å². The van der Waals surface area contributed by atoms with Crippen LogP contribution in [-0.2, 0) is 11.0 Å². The molecule has 0 spiro atoms. The van der Waals surface area contributed by atoms with Crippen LogP contribution in [0, 0.1) is 0 Å². The molecule has 0 saturated carbocycles. The third-order valence-corrected chi connectivity index (χ3v) is 7.57. The molecule has 0 aliphatic carbocycles. The van der Waals surface area contributed by atoms with Crippen molar-refractivity contribution in [3.05, 3.63) is 107 Å². The number of anilines is 1. The van der Waals surface area contributed by atoms with Gasteiger partial charge in [0, 0.05) is 23.9 Å². The van der Waals surface area contributed by atoms with E-state index in [4.69, 9.17) is 9.47 Å². The number of hydrogen-bond donors (Lipinski definition) is 0. The fraction of sp³-hybridized carbons (Fsp3) is 0.273. The van der Waals surface area contributed by atoms with Gasteiger partial charge in [-0.2, -0.15) is 13.2 Å². The van der Waals surface area contributed by atoms with E-state index in [0.29, 0.717) is 29.2 Å². The molecule has 0 saturated heterocycles. The van der Waals surface area contributed by atoms with E-state index in [-0.39, 0.29) is 24.6 Å². The number of alkyl halides is 3. The van der Waals surface area contributed by atoms with Crippen LogP contribution in [0.15, 0.2) is 85.1 Å². The van der Waals surface area contributed by atoms with Gasteiger partial charge in [-0.1, -0.05) is 25.5 Å². The van der Waals surface area contributed by atoms with E-state index in [1.807, 2.05) is 60.2 Å². The van der Waals surface area contributed by atoms with Crippen molar-refractivity contribution in [3.63, 3.8) is 0 Å². The molecule has 1 unspecified atom stereocenters. The summed E-state index contributed by atoms with van der Waals surface area (Å²) in [6, 6.07) is 20.2. The van der Waals surface area contributed by atoms with Crippen LogP contribution in [0.5, 0.6) is 11.5 Å². The van der Waals surface area contributed by atoms with Gasteiger partial charge >= 0.3 is 6.18 Å². The number of carbonyl (C=O) groups is 2. The number of methoxy groups -OCH3 is 2. The van der Waals surface area contributed by atoms with Crippen molar-refractivity contribution in [2.75, 3.05) is 32.2 Å². The minimum absolute atomic E-state index is 0.0795. The van der Waals surface area contributed by atoms with Crippen molar-refractivity contribution < 1.29 is 32.2 Å². The molecule has 43 heavy (non-hydrogen) atoms. The molecule has 3 aromatic carbocycles. The summed E-state index contributed by atoms with van der Waals surface area (Å²) in [5.41, 5.74) is 2.18. The Bertz CT molecular complexity index is 1610. The van der Waals surface area contributed by atoms with E-state index >= 15 is 0 Å². The molecule has 10 heteroatoms. The second-order valence-corrected chi connectivity index (χ2v) is 10.2. The van der Waals surface area contributed by atoms with Crippen LogP contribution in [-0.4, -0.2) is 48.6 Å². The van der Waals surface area contributed by atoms with Crippen LogP contribution in [0.1, 0.15) is 53.0 Å². The lowest BCUT2D eigenvalue weighted by atomic mass is 9.96. The zero-order valence-corrected chi connectivity index (χ0v) is 24.1. The lowest BCUT2D eigenvalue weighted by molar-refractivity contribution is -0.137. The number of carbonyl (C=O) groups excluding carboxylic acids is 2. The van der Waals surface area contributed by atoms with E-state index < -0.39 is 23.7 Å². The Kier molecular flexibility index (Phi) is 8.47. The van der Waals surface area contributed by atoms with Gasteiger partial charge in [-0.25, -0.2) is 0 Å². The van der Waals surface area contributed by atoms with Gasteiger partial charge in [0.1, 0.15) is 24.1 Å². The average molecular weight is 592 g/mol. The van der Waals surface area contributed by atoms with Gasteiger partial charge in [0.05, 0.1) is 36.9 Å². The molecule has 2 heterocycles. The van der Waals surface area contributed by atoms with Crippen LogP contribution >= 0.6 is 0 Å². The quantitative estimate of drug-likeness (QED) is 0.213. The van der Waals surface area contributed by atoms with E-state index in [1.165, 1.54) is 4.90 Å². The Balaban J connectivity index is 1.57. The van der Waals surface area contributed by atoms with Gasteiger partial charge in [0.2, 0.25) is 5.91 Å². The van der Waals surface area contributed by atoms with Crippen molar-refractivity contribution in [3.8, 4) is 17.2 Å². The zero-order chi connectivity index (χ0) is 30.7. The molecule has 1 aliphatic heterocycles. The lowest BCUT2D eigenvalue weighted by Crippen LogP contribution is -2.47. The van der Waals surface area contributed by atoms with Crippen LogP contribution in [0.2, 0.25) is 0 Å². The first-order chi connectivity index (χ1) is 20.7. The SMILES string of the molecule is CCCCN(CC(=O)N1c2ccccc2-n2cccc2C1c1cc(OC)ccc1OC)C(=O)c1ccc(C(F)(F)F)cc1. The number of para-hydroxylation sites is 2. The normalized spacial score (nSPS) is 14.1. The smallest absolute Gasteiger partial charge is 0.416 e. The number of ether oxygens (including phenoxy) is 2. The summed E-state index contributed by atoms with van der Waals surface area (Å²) < 4.78 is 52.7. The highest BCUT2D eigenvalue weighted by atomic mass is 19.4. The third-order valence-electron chi connectivity index (χ3n) is 7.57. The first-order valence-corrected chi connectivity index (χ1v) is 13.9. The minimum atomic E-state index is -4.52. The number of benzene rings is 3. The number of halogens is 3. The van der Waals surface area contributed by atoms with E-state index in [2.05, 4.69) is 0 Å². The Morgan fingerprint density at radius 2 is 1.63 bits per heavy atom. The second kappa shape index (κ2) is 12.2. The summed E-state index contributed by atoms with van der Waals surface area (Å²) in [4.78, 5) is 31.1. The topological polar surface area (TPSA) is 64.0 Å². The van der Waals surface area contributed by atoms with Gasteiger partial charge in [-0.15, -0.1) is 0 Å². The van der Waals surface area contributed by atoms with Gasteiger partial charge in [0.25, 0.3) is 5.91 Å². The molecule has 7 nitrogen and oxygen atoms in total. The number of fused-ring (bicyclic) bond motifs is 3. The summed E-state index contributed by atoms with van der Waals surface area (Å²) in [6.07, 6.45) is -1.22. The maximum atomic E-state index is 14.4. The molecule has 2 amide bonds. The lowest BCUT2D eigenvalue weighted by Gasteiger charge is -2.40. The molecular formula is C33H32F3N3O4. The molecule has 1 atom stereocenters. The molecule has 0 N–H and O–H groups in total. The molecular weight excluding hydrogens is 559 g/mol. The molecule has 1 aromatic heterocycles. The first-order valence-electron chi connectivity index (χ1n) is 13.9. The van der Waals surface area contributed by atoms with E-state index in [9.17, 15) is 22.8 Å². The van der Waals surface area contributed by atoms with Crippen molar-refractivity contribution in [2.45, 2.75) is 32.0 Å². The summed E-state index contributed by atoms with van der Waals surface area (Å²) in [5.74, 6) is 0.271. The monoisotopic (exact) mass is 591 g/mol. The number of aromatic nitrogens is 1. The van der Waals surface area contributed by atoms with Crippen molar-refractivity contribution in [2.24, 2.45) is 0 Å². The predicted molar refractivity (Wildman–Crippen MR) is 157 cm³/mol. The van der Waals surface area contributed by atoms with Crippen LogP contribution < -0.4 is 14.4 Å². The number of nitrogens with zero attached hydrogens (tertiary/aromatic N) is 3. The zero-order valence-electron chi connectivity index (χ0n) is 24.1. The number of rotatable bonds is 9. The molecule has 5 rings (SSSR count). The summed E-state index contributed by atoms with van der Waals surface area (Å²) in [5, 5.41) is 0. The molecule has 0 bridgehead atoms. The molecule has 0 radical (unpaired) electrons. The highest BCUT2D eigenvalue weighted by Crippen LogP contribution is 2.45. The van der Waals surface area contributed by atoms with Gasteiger partial charge < -0.3 is 18.9 Å². The Morgan fingerprint density at radius 1 is 0.907 bits per heavy atom. The minimum Gasteiger partial charge on any atom is -0.497 e. The largest absolute Gasteiger partial charge is 0.497 e. The number of unbranched alkanes of at least 4 members (excludes halogenated alkanes) is 1. The summed E-state index contributed by atoms with van der Waals surface area (Å²) in [6.45, 7) is 1.95. The molecule has 4 aromatic rings. The number of hydrogen-bond acceptors (Lipinski definition) is 4. The van der Waals surface area contributed by atoms with Gasteiger partial charge in [0.15, 0.2) is 0 Å². The maximum Gasteiger partial charge on any atom is 0.416 e. The van der Waals surface area contributed by atoms with Crippen LogP contribution in [0.3, 0.4) is 0 Å². The van der Waals surface area contributed by atoms with Crippen molar-refractivity contribution >= 4 is 17.5 Å². The highest BCUT2D eigenvalue weighted by Gasteiger charge is 2.39. The third kappa shape index (κ3) is 5.82. The standard InChI is InChI=1S/C33H32F3N3O4/c1-4-5-18-37(32(41)22-12-14-23(15-13-22)33(34,35)36)21-30(40)39-27-10-7-6-9-26(27)38-19-8-11-28(38)31(39)25-20-24(42-2)16-17-29(25)43-3/h6-17,19-20,31H,4-5,18,21H2,1-3H3. The Labute approximate surface area is 248 Å². The van der Waals surface area contributed by atoms with E-state index in [1.54, 1.807) is 31.3 Å². The average Bonchev–Trinajstić information content (AvgIpc) is 3.51. The molecule has 0 fully saturated rings. The Morgan fingerprint density at radius 3 is 2.28 bits per heavy atom. The second-order valence-electron chi connectivity index (χ2n) is 10.2. The summed E-state index contributed by atoms with van der Waals surface area (Å²) in [7, 11) is 3.12. The highest BCUT2D eigenvalue weighted by molar-refractivity contribution is 6.02. The maximum absolute atomic E-state index is 14.4. The fourth-order valence-corrected chi connectivity index (χ4v) is 5.43. The summed E-state index contributed by atoms with van der Waals surface area (Å²) >= 11 is 0.